The first-order valence-corrected chi connectivity index (χ1v) is 6.56. The van der Waals surface area contributed by atoms with Crippen LogP contribution in [0.1, 0.15) is 12.5 Å². The number of aliphatic hydroxyl groups excluding tert-OH is 2. The predicted octanol–water partition coefficient (Wildman–Crippen LogP) is 0.0245. The van der Waals surface area contributed by atoms with Gasteiger partial charge in [0.25, 0.3) is 0 Å². The van der Waals surface area contributed by atoms with E-state index < -0.39 is 24.1 Å². The van der Waals surface area contributed by atoms with Gasteiger partial charge in [-0.3, -0.25) is 0 Å². The summed E-state index contributed by atoms with van der Waals surface area (Å²) in [6, 6.07) is 7.08. The maximum absolute atomic E-state index is 12.1. The van der Waals surface area contributed by atoms with Crippen LogP contribution in [-0.4, -0.2) is 57.5 Å². The number of aliphatic hydroxyl groups is 2. The average Bonchev–Trinajstić information content (AvgIpc) is 2.44. The molecule has 4 N–H and O–H groups in total. The van der Waals surface area contributed by atoms with Crippen LogP contribution >= 0.6 is 0 Å². The molecule has 0 heterocycles. The molecular formula is C14H20N2O5. The van der Waals surface area contributed by atoms with Gasteiger partial charge in [-0.2, -0.15) is 0 Å². The summed E-state index contributed by atoms with van der Waals surface area (Å²) in [4.78, 5) is 24.3. The van der Waals surface area contributed by atoms with Crippen molar-refractivity contribution in [2.45, 2.75) is 25.6 Å². The first-order chi connectivity index (χ1) is 9.95. The van der Waals surface area contributed by atoms with E-state index in [1.807, 2.05) is 30.3 Å². The van der Waals surface area contributed by atoms with Crippen molar-refractivity contribution in [3.05, 3.63) is 35.9 Å². The summed E-state index contributed by atoms with van der Waals surface area (Å²) in [5.41, 5.74) is 0.852. The van der Waals surface area contributed by atoms with E-state index in [1.165, 1.54) is 11.8 Å². The Bertz CT molecular complexity index is 464. The van der Waals surface area contributed by atoms with E-state index in [9.17, 15) is 14.7 Å². The Morgan fingerprint density at radius 3 is 2.38 bits per heavy atom. The second-order valence-electron chi connectivity index (χ2n) is 4.64. The molecule has 1 aromatic rings. The van der Waals surface area contributed by atoms with E-state index in [2.05, 4.69) is 5.32 Å². The van der Waals surface area contributed by atoms with Gasteiger partial charge in [-0.05, 0) is 12.5 Å². The second kappa shape index (κ2) is 8.23. The zero-order valence-corrected chi connectivity index (χ0v) is 11.8. The minimum Gasteiger partial charge on any atom is -0.480 e. The predicted molar refractivity (Wildman–Crippen MR) is 75.6 cm³/mol. The lowest BCUT2D eigenvalue weighted by molar-refractivity contribution is -0.141. The van der Waals surface area contributed by atoms with E-state index in [0.717, 1.165) is 5.56 Å². The lowest BCUT2D eigenvalue weighted by Crippen LogP contribution is -2.52. The molecule has 0 spiro atoms. The van der Waals surface area contributed by atoms with Crippen molar-refractivity contribution in [1.29, 1.82) is 0 Å². The number of carbonyl (C=O) groups is 2. The first kappa shape index (κ1) is 16.9. The average molecular weight is 296 g/mol. The molecule has 0 aliphatic heterocycles. The zero-order valence-electron chi connectivity index (χ0n) is 11.8. The molecule has 0 unspecified atom stereocenters. The molecular weight excluding hydrogens is 276 g/mol. The van der Waals surface area contributed by atoms with Gasteiger partial charge in [0, 0.05) is 13.1 Å². The third-order valence-corrected chi connectivity index (χ3v) is 2.90. The summed E-state index contributed by atoms with van der Waals surface area (Å²) in [6.07, 6.45) is -1.22. The highest BCUT2D eigenvalue weighted by Crippen LogP contribution is 2.05. The van der Waals surface area contributed by atoms with Crippen LogP contribution in [0.15, 0.2) is 30.3 Å². The molecule has 0 bridgehead atoms. The topological polar surface area (TPSA) is 110 Å². The van der Waals surface area contributed by atoms with Crippen LogP contribution < -0.4 is 5.32 Å². The number of benzene rings is 1. The number of nitrogens with one attached hydrogen (secondary N) is 1. The van der Waals surface area contributed by atoms with Crippen molar-refractivity contribution >= 4 is 12.0 Å². The Balaban J connectivity index is 2.75. The molecule has 0 radical (unpaired) electrons. The Morgan fingerprint density at radius 2 is 1.90 bits per heavy atom. The highest BCUT2D eigenvalue weighted by atomic mass is 16.4. The quantitative estimate of drug-likeness (QED) is 0.567. The van der Waals surface area contributed by atoms with Crippen LogP contribution in [-0.2, 0) is 11.3 Å². The Hall–Kier alpha value is -2.12. The van der Waals surface area contributed by atoms with Crippen molar-refractivity contribution in [3.63, 3.8) is 0 Å². The minimum absolute atomic E-state index is 0.0624. The molecule has 7 heteroatoms. The smallest absolute Gasteiger partial charge is 0.328 e. The Morgan fingerprint density at radius 1 is 1.29 bits per heavy atom. The van der Waals surface area contributed by atoms with Gasteiger partial charge in [0.2, 0.25) is 0 Å². The Labute approximate surface area is 122 Å². The molecule has 0 aliphatic rings. The maximum atomic E-state index is 12.1. The number of nitrogens with zero attached hydrogens (tertiary/aromatic N) is 1. The number of hydrogen-bond donors (Lipinski definition) is 4. The van der Waals surface area contributed by atoms with Crippen molar-refractivity contribution in [2.75, 3.05) is 13.2 Å². The molecule has 1 aromatic carbocycles. The number of aliphatic carboxylic acids is 1. The molecule has 7 nitrogen and oxygen atoms in total. The van der Waals surface area contributed by atoms with Crippen molar-refractivity contribution < 1.29 is 24.9 Å². The molecule has 2 atom stereocenters. The summed E-state index contributed by atoms with van der Waals surface area (Å²) >= 11 is 0. The third-order valence-electron chi connectivity index (χ3n) is 2.90. The number of carboxylic acid groups (broad SMARTS) is 1. The van der Waals surface area contributed by atoms with Gasteiger partial charge in [0.05, 0.1) is 12.7 Å². The highest BCUT2D eigenvalue weighted by Gasteiger charge is 2.27. The molecule has 1 rings (SSSR count). The summed E-state index contributed by atoms with van der Waals surface area (Å²) in [7, 11) is 0. The van der Waals surface area contributed by atoms with Gasteiger partial charge < -0.3 is 25.5 Å². The largest absolute Gasteiger partial charge is 0.480 e. The highest BCUT2D eigenvalue weighted by molar-refractivity contribution is 5.83. The number of carboxylic acids is 1. The van der Waals surface area contributed by atoms with Crippen molar-refractivity contribution in [2.24, 2.45) is 0 Å². The number of hydrogen-bond acceptors (Lipinski definition) is 4. The van der Waals surface area contributed by atoms with Gasteiger partial charge in [0.15, 0.2) is 6.04 Å². The monoisotopic (exact) mass is 296 g/mol. The second-order valence-corrected chi connectivity index (χ2v) is 4.64. The number of amides is 2. The molecule has 0 saturated heterocycles. The molecule has 116 valence electrons. The fourth-order valence-corrected chi connectivity index (χ4v) is 1.79. The standard InChI is InChI=1S/C14H20N2O5/c1-10(18)12(13(19)20)15-14(21)16(7-8-17)9-11-5-3-2-4-6-11/h2-6,10,12,17-18H,7-9H2,1H3,(H,15,21)(H,19,20)/t10-,12+/m1/s1. The molecule has 0 saturated carbocycles. The molecule has 21 heavy (non-hydrogen) atoms. The first-order valence-electron chi connectivity index (χ1n) is 6.56. The summed E-state index contributed by atoms with van der Waals surface area (Å²) in [6.45, 7) is 1.34. The fourth-order valence-electron chi connectivity index (χ4n) is 1.79. The van der Waals surface area contributed by atoms with E-state index in [1.54, 1.807) is 0 Å². The van der Waals surface area contributed by atoms with Crippen LogP contribution in [0.5, 0.6) is 0 Å². The Kier molecular flexibility index (Phi) is 6.64. The van der Waals surface area contributed by atoms with E-state index in [-0.39, 0.29) is 19.7 Å². The summed E-state index contributed by atoms with van der Waals surface area (Å²) in [5.74, 6) is -1.32. The van der Waals surface area contributed by atoms with Gasteiger partial charge in [0.1, 0.15) is 0 Å². The van der Waals surface area contributed by atoms with Crippen LogP contribution in [0.2, 0.25) is 0 Å². The van der Waals surface area contributed by atoms with Crippen molar-refractivity contribution in [3.8, 4) is 0 Å². The fraction of sp³-hybridized carbons (Fsp3) is 0.429. The molecule has 0 fully saturated rings. The lowest BCUT2D eigenvalue weighted by Gasteiger charge is -2.25. The summed E-state index contributed by atoms with van der Waals surface area (Å²) in [5, 5.41) is 29.6. The number of rotatable bonds is 7. The molecule has 0 aromatic heterocycles. The van der Waals surface area contributed by atoms with Crippen LogP contribution in [0, 0.1) is 0 Å². The van der Waals surface area contributed by atoms with Gasteiger partial charge in [-0.25, -0.2) is 9.59 Å². The SMILES string of the molecule is C[C@@H](O)[C@H](NC(=O)N(CCO)Cc1ccccc1)C(=O)O. The van der Waals surface area contributed by atoms with Crippen LogP contribution in [0.3, 0.4) is 0 Å². The van der Waals surface area contributed by atoms with Crippen LogP contribution in [0.4, 0.5) is 4.79 Å². The number of urea groups is 1. The van der Waals surface area contributed by atoms with Crippen LogP contribution in [0.25, 0.3) is 0 Å². The van der Waals surface area contributed by atoms with Gasteiger partial charge >= 0.3 is 12.0 Å². The number of carbonyl (C=O) groups excluding carboxylic acids is 1. The van der Waals surface area contributed by atoms with Crippen molar-refractivity contribution in [1.82, 2.24) is 10.2 Å². The van der Waals surface area contributed by atoms with Gasteiger partial charge in [-0.15, -0.1) is 0 Å². The molecule has 2 amide bonds. The van der Waals surface area contributed by atoms with E-state index in [4.69, 9.17) is 10.2 Å². The molecule has 0 aliphatic carbocycles. The van der Waals surface area contributed by atoms with Gasteiger partial charge in [-0.1, -0.05) is 30.3 Å². The maximum Gasteiger partial charge on any atom is 0.328 e. The van der Waals surface area contributed by atoms with E-state index in [0.29, 0.717) is 0 Å². The minimum atomic E-state index is -1.39. The normalized spacial score (nSPS) is 13.3. The zero-order chi connectivity index (χ0) is 15.8. The van der Waals surface area contributed by atoms with E-state index >= 15 is 0 Å². The third kappa shape index (κ3) is 5.41. The lowest BCUT2D eigenvalue weighted by atomic mass is 10.2. The summed E-state index contributed by atoms with van der Waals surface area (Å²) < 4.78 is 0.